The molecule has 1 saturated heterocycles. The minimum atomic E-state index is -0.208. The molecule has 1 heterocycles. The van der Waals surface area contributed by atoms with Gasteiger partial charge in [0.2, 0.25) is 0 Å². The van der Waals surface area contributed by atoms with Crippen LogP contribution < -0.4 is 0 Å². The van der Waals surface area contributed by atoms with Crippen LogP contribution in [0.3, 0.4) is 0 Å². The van der Waals surface area contributed by atoms with Gasteiger partial charge in [-0.1, -0.05) is 97.1 Å². The molecule has 3 atom stereocenters. The second-order valence-corrected chi connectivity index (χ2v) is 8.85. The lowest BCUT2D eigenvalue weighted by molar-refractivity contribution is -0.150. The molecule has 5 rings (SSSR count). The number of fused-ring (bicyclic) bond motifs is 1. The second-order valence-electron chi connectivity index (χ2n) is 8.85. The SMILES string of the molecule is O=C(OCc1ccccc1)C1CC2CCC(c3ccccc3)=CC2N1Cc1ccccc1. The van der Waals surface area contributed by atoms with Gasteiger partial charge < -0.3 is 4.74 Å². The number of carbonyl (C=O) groups excluding carboxylic acids is 1. The van der Waals surface area contributed by atoms with Crippen LogP contribution in [0.15, 0.2) is 97.1 Å². The average Bonchev–Trinajstić information content (AvgIpc) is 3.22. The lowest BCUT2D eigenvalue weighted by atomic mass is 9.83. The van der Waals surface area contributed by atoms with Crippen LogP contribution in [0.2, 0.25) is 0 Å². The van der Waals surface area contributed by atoms with Crippen molar-refractivity contribution in [3.8, 4) is 0 Å². The third-order valence-electron chi connectivity index (χ3n) is 6.80. The molecule has 0 saturated carbocycles. The average molecular weight is 424 g/mol. The number of allylic oxidation sites excluding steroid dienone is 1. The molecule has 3 nitrogen and oxygen atoms in total. The quantitative estimate of drug-likeness (QED) is 0.465. The largest absolute Gasteiger partial charge is 0.460 e. The Hall–Kier alpha value is -3.17. The summed E-state index contributed by atoms with van der Waals surface area (Å²) < 4.78 is 5.80. The highest BCUT2D eigenvalue weighted by Crippen LogP contribution is 2.42. The molecule has 32 heavy (non-hydrogen) atoms. The van der Waals surface area contributed by atoms with E-state index in [1.807, 2.05) is 36.4 Å². The minimum absolute atomic E-state index is 0.103. The highest BCUT2D eigenvalue weighted by Gasteiger charge is 2.45. The summed E-state index contributed by atoms with van der Waals surface area (Å²) in [7, 11) is 0. The van der Waals surface area contributed by atoms with Crippen molar-refractivity contribution in [2.24, 2.45) is 5.92 Å². The standard InChI is InChI=1S/C29H29NO2/c31-29(32-21-23-12-6-2-7-13-23)28-19-26-17-16-25(24-14-8-3-9-15-24)18-27(26)30(28)20-22-10-4-1-5-11-22/h1-15,18,26-28H,16-17,19-21H2. The van der Waals surface area contributed by atoms with Gasteiger partial charge in [0.25, 0.3) is 0 Å². The number of likely N-dealkylation sites (tertiary alicyclic amines) is 1. The van der Waals surface area contributed by atoms with Gasteiger partial charge >= 0.3 is 5.97 Å². The molecular weight excluding hydrogens is 394 g/mol. The van der Waals surface area contributed by atoms with Crippen molar-refractivity contribution in [3.05, 3.63) is 114 Å². The Labute approximate surface area is 190 Å². The van der Waals surface area contributed by atoms with E-state index in [-0.39, 0.29) is 18.1 Å². The van der Waals surface area contributed by atoms with Crippen molar-refractivity contribution < 1.29 is 9.53 Å². The maximum absolute atomic E-state index is 13.2. The topological polar surface area (TPSA) is 29.5 Å². The summed E-state index contributed by atoms with van der Waals surface area (Å²) in [6.45, 7) is 1.08. The molecule has 1 aliphatic carbocycles. The van der Waals surface area contributed by atoms with E-state index in [0.29, 0.717) is 12.5 Å². The van der Waals surface area contributed by atoms with E-state index in [1.54, 1.807) is 0 Å². The maximum Gasteiger partial charge on any atom is 0.323 e. The number of esters is 1. The third-order valence-corrected chi connectivity index (χ3v) is 6.80. The zero-order chi connectivity index (χ0) is 21.8. The first-order valence-corrected chi connectivity index (χ1v) is 11.5. The molecule has 3 heteroatoms. The summed E-state index contributed by atoms with van der Waals surface area (Å²) in [5, 5.41) is 0. The molecule has 3 aromatic rings. The fraction of sp³-hybridized carbons (Fsp3) is 0.276. The third kappa shape index (κ3) is 4.53. The minimum Gasteiger partial charge on any atom is -0.460 e. The van der Waals surface area contributed by atoms with Gasteiger partial charge in [0, 0.05) is 12.6 Å². The molecule has 162 valence electrons. The molecule has 0 radical (unpaired) electrons. The number of carbonyl (C=O) groups is 1. The molecule has 0 N–H and O–H groups in total. The fourth-order valence-electron chi connectivity index (χ4n) is 5.15. The van der Waals surface area contributed by atoms with Crippen molar-refractivity contribution in [1.82, 2.24) is 4.90 Å². The summed E-state index contributed by atoms with van der Waals surface area (Å²) in [6, 6.07) is 31.1. The Morgan fingerprint density at radius 3 is 2.16 bits per heavy atom. The first-order chi connectivity index (χ1) is 15.8. The lowest BCUT2D eigenvalue weighted by Gasteiger charge is -2.32. The molecule has 3 unspecified atom stereocenters. The van der Waals surface area contributed by atoms with E-state index in [2.05, 4.69) is 65.6 Å². The van der Waals surface area contributed by atoms with Gasteiger partial charge in [-0.05, 0) is 47.4 Å². The van der Waals surface area contributed by atoms with Crippen molar-refractivity contribution in [2.75, 3.05) is 0 Å². The zero-order valence-corrected chi connectivity index (χ0v) is 18.3. The normalized spacial score (nSPS) is 22.8. The van der Waals surface area contributed by atoms with E-state index < -0.39 is 0 Å². The number of benzene rings is 3. The van der Waals surface area contributed by atoms with Crippen LogP contribution in [0.5, 0.6) is 0 Å². The van der Waals surface area contributed by atoms with Gasteiger partial charge in [-0.15, -0.1) is 0 Å². The van der Waals surface area contributed by atoms with Crippen LogP contribution in [0.25, 0.3) is 5.57 Å². The summed E-state index contributed by atoms with van der Waals surface area (Å²) in [6.07, 6.45) is 5.45. The van der Waals surface area contributed by atoms with E-state index in [9.17, 15) is 4.79 Å². The second kappa shape index (κ2) is 9.54. The van der Waals surface area contributed by atoms with Gasteiger partial charge in [-0.25, -0.2) is 0 Å². The van der Waals surface area contributed by atoms with Gasteiger partial charge in [0.15, 0.2) is 0 Å². The van der Waals surface area contributed by atoms with E-state index in [1.165, 1.54) is 16.7 Å². The Bertz CT molecular complexity index is 1060. The van der Waals surface area contributed by atoms with Crippen molar-refractivity contribution in [1.29, 1.82) is 0 Å². The smallest absolute Gasteiger partial charge is 0.323 e. The monoisotopic (exact) mass is 423 g/mol. The molecule has 1 fully saturated rings. The molecule has 3 aromatic carbocycles. The van der Waals surface area contributed by atoms with Crippen LogP contribution in [0.4, 0.5) is 0 Å². The molecule has 0 aromatic heterocycles. The molecule has 0 spiro atoms. The molecule has 2 aliphatic rings. The van der Waals surface area contributed by atoms with Crippen LogP contribution in [0, 0.1) is 5.92 Å². The number of hydrogen-bond acceptors (Lipinski definition) is 3. The predicted molar refractivity (Wildman–Crippen MR) is 128 cm³/mol. The van der Waals surface area contributed by atoms with Crippen molar-refractivity contribution in [3.63, 3.8) is 0 Å². The summed E-state index contributed by atoms with van der Waals surface area (Å²) in [5.41, 5.74) is 4.94. The Morgan fingerprint density at radius 1 is 0.844 bits per heavy atom. The first-order valence-electron chi connectivity index (χ1n) is 11.5. The molecule has 0 bridgehead atoms. The van der Waals surface area contributed by atoms with Crippen LogP contribution in [-0.4, -0.2) is 23.0 Å². The van der Waals surface area contributed by atoms with Crippen molar-refractivity contribution in [2.45, 2.75) is 44.5 Å². The highest BCUT2D eigenvalue weighted by atomic mass is 16.5. The lowest BCUT2D eigenvalue weighted by Crippen LogP contribution is -2.41. The van der Waals surface area contributed by atoms with Gasteiger partial charge in [0.05, 0.1) is 0 Å². The summed E-state index contributed by atoms with van der Waals surface area (Å²) in [5.74, 6) is 0.384. The van der Waals surface area contributed by atoms with Crippen LogP contribution in [0.1, 0.15) is 36.0 Å². The number of hydrogen-bond donors (Lipinski definition) is 0. The van der Waals surface area contributed by atoms with E-state index in [4.69, 9.17) is 4.74 Å². The van der Waals surface area contributed by atoms with Gasteiger partial charge in [0.1, 0.15) is 12.6 Å². The Morgan fingerprint density at radius 2 is 1.47 bits per heavy atom. The first kappa shape index (κ1) is 20.7. The highest BCUT2D eigenvalue weighted by molar-refractivity contribution is 5.77. The number of ether oxygens (including phenoxy) is 1. The summed E-state index contributed by atoms with van der Waals surface area (Å²) in [4.78, 5) is 15.6. The summed E-state index contributed by atoms with van der Waals surface area (Å²) >= 11 is 0. The van der Waals surface area contributed by atoms with Crippen LogP contribution >= 0.6 is 0 Å². The van der Waals surface area contributed by atoms with Gasteiger partial charge in [-0.3, -0.25) is 9.69 Å². The molecular formula is C29H29NO2. The number of rotatable bonds is 6. The predicted octanol–water partition coefficient (Wildman–Crippen LogP) is 5.87. The Kier molecular flexibility index (Phi) is 6.17. The molecule has 1 aliphatic heterocycles. The fourth-order valence-corrected chi connectivity index (χ4v) is 5.15. The molecule has 0 amide bonds. The Balaban J connectivity index is 1.39. The van der Waals surface area contributed by atoms with Crippen molar-refractivity contribution >= 4 is 11.5 Å². The van der Waals surface area contributed by atoms with Crippen LogP contribution in [-0.2, 0) is 22.7 Å². The maximum atomic E-state index is 13.2. The zero-order valence-electron chi connectivity index (χ0n) is 18.3. The number of nitrogens with zero attached hydrogens (tertiary/aromatic N) is 1. The van der Waals surface area contributed by atoms with Gasteiger partial charge in [-0.2, -0.15) is 0 Å². The van der Waals surface area contributed by atoms with E-state index >= 15 is 0 Å². The van der Waals surface area contributed by atoms with E-state index in [0.717, 1.165) is 31.4 Å².